The molecule has 1 heterocycles. The highest BCUT2D eigenvalue weighted by molar-refractivity contribution is 5.80. The normalized spacial score (nSPS) is 21.6. The van der Waals surface area contributed by atoms with Crippen LogP contribution in [0.5, 0.6) is 0 Å². The molecule has 1 saturated heterocycles. The van der Waals surface area contributed by atoms with Gasteiger partial charge in [-0.05, 0) is 38.5 Å². The zero-order valence-electron chi connectivity index (χ0n) is 38.5. The lowest BCUT2D eigenvalue weighted by Crippen LogP contribution is -2.60. The van der Waals surface area contributed by atoms with Crippen LogP contribution in [0.4, 0.5) is 0 Å². The lowest BCUT2D eigenvalue weighted by molar-refractivity contribution is -0.303. The summed E-state index contributed by atoms with van der Waals surface area (Å²) in [4.78, 5) is 12.9. The van der Waals surface area contributed by atoms with Crippen LogP contribution in [-0.4, -0.2) is 110 Å². The number of aliphatic hydroxyl groups is 7. The number of carbonyl (C=O) groups is 1. The molecule has 1 rings (SSSR count). The summed E-state index contributed by atoms with van der Waals surface area (Å²) in [7, 11) is 0. The van der Waals surface area contributed by atoms with Crippen LogP contribution in [-0.2, 0) is 14.3 Å². The van der Waals surface area contributed by atoms with Crippen molar-refractivity contribution in [2.24, 2.45) is 0 Å². The maximum absolute atomic E-state index is 12.9. The molecule has 0 bridgehead atoms. The van der Waals surface area contributed by atoms with Gasteiger partial charge in [-0.15, -0.1) is 0 Å². The van der Waals surface area contributed by atoms with Crippen molar-refractivity contribution in [3.8, 4) is 0 Å². The quantitative estimate of drug-likeness (QED) is 0.0218. The Bertz CT molecular complexity index is 986. The van der Waals surface area contributed by atoms with Crippen LogP contribution in [0.15, 0.2) is 12.2 Å². The van der Waals surface area contributed by atoms with Crippen molar-refractivity contribution in [3.63, 3.8) is 0 Å². The fourth-order valence-corrected chi connectivity index (χ4v) is 8.13. The molecule has 8 N–H and O–H groups in total. The number of nitrogens with one attached hydrogen (secondary N) is 1. The van der Waals surface area contributed by atoms with Crippen molar-refractivity contribution in [3.05, 3.63) is 12.2 Å². The molecule has 1 aliphatic heterocycles. The smallest absolute Gasteiger partial charge is 0.249 e. The molecule has 11 nitrogen and oxygen atoms in total. The van der Waals surface area contributed by atoms with Gasteiger partial charge in [0.25, 0.3) is 0 Å². The van der Waals surface area contributed by atoms with Gasteiger partial charge in [0.2, 0.25) is 5.91 Å². The molecule has 60 heavy (non-hydrogen) atoms. The van der Waals surface area contributed by atoms with Gasteiger partial charge in [-0.1, -0.05) is 199 Å². The summed E-state index contributed by atoms with van der Waals surface area (Å²) in [5.74, 6) is -0.706. The summed E-state index contributed by atoms with van der Waals surface area (Å²) < 4.78 is 10.9. The van der Waals surface area contributed by atoms with E-state index in [1.54, 1.807) is 0 Å². The molecule has 0 spiro atoms. The lowest BCUT2D eigenvalue weighted by atomic mass is 9.99. The van der Waals surface area contributed by atoms with Crippen molar-refractivity contribution in [2.45, 2.75) is 281 Å². The van der Waals surface area contributed by atoms with Crippen LogP contribution in [0.1, 0.15) is 226 Å². The van der Waals surface area contributed by atoms with E-state index in [-0.39, 0.29) is 12.8 Å². The van der Waals surface area contributed by atoms with Crippen LogP contribution < -0.4 is 5.32 Å². The molecule has 0 aromatic carbocycles. The largest absolute Gasteiger partial charge is 0.394 e. The summed E-state index contributed by atoms with van der Waals surface area (Å²) in [5.41, 5.74) is 0. The first kappa shape index (κ1) is 56.9. The minimum Gasteiger partial charge on any atom is -0.394 e. The van der Waals surface area contributed by atoms with Gasteiger partial charge in [0.05, 0.1) is 25.4 Å². The van der Waals surface area contributed by atoms with Gasteiger partial charge in [0.1, 0.15) is 36.6 Å². The number of ether oxygens (including phenoxy) is 2. The molecule has 0 aromatic rings. The number of hydrogen-bond acceptors (Lipinski definition) is 10. The molecule has 1 fully saturated rings. The highest BCUT2D eigenvalue weighted by Crippen LogP contribution is 2.23. The van der Waals surface area contributed by atoms with Crippen molar-refractivity contribution in [2.75, 3.05) is 13.2 Å². The average Bonchev–Trinajstić information content (AvgIpc) is 3.25. The average molecular weight is 858 g/mol. The van der Waals surface area contributed by atoms with Gasteiger partial charge in [-0.3, -0.25) is 4.79 Å². The highest BCUT2D eigenvalue weighted by atomic mass is 16.7. The molecule has 1 amide bonds. The van der Waals surface area contributed by atoms with Crippen LogP contribution in [0.3, 0.4) is 0 Å². The molecule has 0 radical (unpaired) electrons. The summed E-state index contributed by atoms with van der Waals surface area (Å²) in [6.07, 6.45) is 33.1. The SMILES string of the molecule is CCCCCCCCCCCCCC/C=C\CCCCCCCCCCCCCCCCCC(O)C(=O)NC(COC1OC(CO)C(O)C(O)C1O)C(O)C(O)CCCC. The first-order valence-electron chi connectivity index (χ1n) is 25.1. The molecule has 9 unspecified atom stereocenters. The Balaban J connectivity index is 2.04. The number of allylic oxidation sites excluding steroid dienone is 2. The summed E-state index contributed by atoms with van der Waals surface area (Å²) in [5, 5.41) is 74.4. The van der Waals surface area contributed by atoms with E-state index in [0.717, 1.165) is 25.7 Å². The zero-order valence-corrected chi connectivity index (χ0v) is 38.5. The molecule has 9 atom stereocenters. The second-order valence-corrected chi connectivity index (χ2v) is 17.9. The van der Waals surface area contributed by atoms with Crippen molar-refractivity contribution >= 4 is 5.91 Å². The fourth-order valence-electron chi connectivity index (χ4n) is 8.13. The lowest BCUT2D eigenvalue weighted by Gasteiger charge is -2.40. The third kappa shape index (κ3) is 28.5. The van der Waals surface area contributed by atoms with Gasteiger partial charge >= 0.3 is 0 Å². The van der Waals surface area contributed by atoms with E-state index in [1.807, 2.05) is 6.92 Å². The van der Waals surface area contributed by atoms with Crippen LogP contribution in [0, 0.1) is 0 Å². The fraction of sp³-hybridized carbons (Fsp3) is 0.939. The predicted molar refractivity (Wildman–Crippen MR) is 243 cm³/mol. The first-order valence-corrected chi connectivity index (χ1v) is 25.1. The third-order valence-corrected chi connectivity index (χ3v) is 12.3. The van der Waals surface area contributed by atoms with Crippen molar-refractivity contribution in [1.82, 2.24) is 5.32 Å². The first-order chi connectivity index (χ1) is 29.2. The van der Waals surface area contributed by atoms with E-state index in [2.05, 4.69) is 24.4 Å². The van der Waals surface area contributed by atoms with Crippen LogP contribution >= 0.6 is 0 Å². The molecule has 356 valence electrons. The maximum Gasteiger partial charge on any atom is 0.249 e. The Morgan fingerprint density at radius 3 is 1.42 bits per heavy atom. The van der Waals surface area contributed by atoms with Gasteiger partial charge in [0, 0.05) is 0 Å². The molecule has 0 saturated carbocycles. The number of unbranched alkanes of at least 4 members (excludes halogenated alkanes) is 28. The molecular weight excluding hydrogens is 763 g/mol. The van der Waals surface area contributed by atoms with E-state index >= 15 is 0 Å². The van der Waals surface area contributed by atoms with Crippen molar-refractivity contribution < 1.29 is 50.0 Å². The van der Waals surface area contributed by atoms with Gasteiger partial charge < -0.3 is 50.5 Å². The number of hydrogen-bond donors (Lipinski definition) is 8. The Morgan fingerprint density at radius 1 is 0.567 bits per heavy atom. The molecular formula is C49H95NO10. The maximum atomic E-state index is 12.9. The predicted octanol–water partition coefficient (Wildman–Crippen LogP) is 8.84. The molecule has 11 heteroatoms. The van der Waals surface area contributed by atoms with Gasteiger partial charge in [-0.25, -0.2) is 0 Å². The van der Waals surface area contributed by atoms with Crippen molar-refractivity contribution in [1.29, 1.82) is 0 Å². The minimum atomic E-state index is -1.65. The van der Waals surface area contributed by atoms with Crippen LogP contribution in [0.25, 0.3) is 0 Å². The highest BCUT2D eigenvalue weighted by Gasteiger charge is 2.44. The Labute approximate surface area is 366 Å². The monoisotopic (exact) mass is 858 g/mol. The molecule has 1 aliphatic rings. The second kappa shape index (κ2) is 39.4. The van der Waals surface area contributed by atoms with E-state index in [1.165, 1.54) is 161 Å². The Kier molecular flexibility index (Phi) is 37.4. The third-order valence-electron chi connectivity index (χ3n) is 12.3. The zero-order chi connectivity index (χ0) is 44.1. The summed E-state index contributed by atoms with van der Waals surface area (Å²) in [6, 6.07) is -1.16. The second-order valence-electron chi connectivity index (χ2n) is 17.9. The Morgan fingerprint density at radius 2 is 0.983 bits per heavy atom. The topological polar surface area (TPSA) is 189 Å². The van der Waals surface area contributed by atoms with Gasteiger partial charge in [-0.2, -0.15) is 0 Å². The van der Waals surface area contributed by atoms with Crippen LogP contribution in [0.2, 0.25) is 0 Å². The molecule has 0 aliphatic carbocycles. The van der Waals surface area contributed by atoms with E-state index in [4.69, 9.17) is 9.47 Å². The number of amides is 1. The molecule has 0 aromatic heterocycles. The van der Waals surface area contributed by atoms with E-state index < -0.39 is 74.2 Å². The number of aliphatic hydroxyl groups excluding tert-OH is 7. The summed E-state index contributed by atoms with van der Waals surface area (Å²) in [6.45, 7) is 3.17. The summed E-state index contributed by atoms with van der Waals surface area (Å²) >= 11 is 0. The van der Waals surface area contributed by atoms with Gasteiger partial charge in [0.15, 0.2) is 6.29 Å². The standard InChI is InChI=1S/C49H95NO10/c1-3-5-7-8-9-10-11-12-13-14-15-16-17-18-19-20-21-22-23-24-25-26-27-28-29-30-31-32-33-34-35-37-42(53)48(58)50-40(44(54)41(52)36-6-4-2)39-59-49-47(57)46(56)45(55)43(38-51)60-49/h18-19,40-47,49,51-57H,3-17,20-39H2,1-2H3,(H,50,58)/b19-18-. The Hall–Kier alpha value is -1.15. The van der Waals surface area contributed by atoms with E-state index in [9.17, 15) is 40.5 Å². The number of rotatable bonds is 42. The minimum absolute atomic E-state index is 0.261. The number of carbonyl (C=O) groups excluding carboxylic acids is 1. The van der Waals surface area contributed by atoms with E-state index in [0.29, 0.717) is 12.8 Å².